The lowest BCUT2D eigenvalue weighted by Crippen LogP contribution is -2.62. The number of hydrogen-bond donors (Lipinski definition) is 2. The number of carbonyl (C=O) groups excluding carboxylic acids is 1. The summed E-state index contributed by atoms with van der Waals surface area (Å²) in [6, 6.07) is 13.7. The second-order valence-corrected chi connectivity index (χ2v) is 17.4. The molecule has 0 aliphatic heterocycles. The Morgan fingerprint density at radius 3 is 2.28 bits per heavy atom. The molecule has 5 nitrogen and oxygen atoms in total. The van der Waals surface area contributed by atoms with Gasteiger partial charge in [0.25, 0.3) is 0 Å². The van der Waals surface area contributed by atoms with Crippen LogP contribution in [0, 0.1) is 51.2 Å². The molecule has 0 bridgehead atoms. The van der Waals surface area contributed by atoms with E-state index in [0.717, 1.165) is 37.8 Å². The Morgan fingerprint density at radius 2 is 1.59 bits per heavy atom. The third kappa shape index (κ3) is 4.21. The molecule has 0 spiro atoms. The van der Waals surface area contributed by atoms with Crippen LogP contribution in [0.4, 0.5) is 0 Å². The molecular weight excluding hydrogens is 568 g/mol. The number of aromatic nitrogens is 1. The van der Waals surface area contributed by atoms with E-state index in [-0.39, 0.29) is 21.8 Å². The number of pyridine rings is 1. The van der Waals surface area contributed by atoms with E-state index in [4.69, 9.17) is 0 Å². The van der Waals surface area contributed by atoms with Crippen molar-refractivity contribution < 1.29 is 14.7 Å². The predicted molar refractivity (Wildman–Crippen MR) is 181 cm³/mol. The molecule has 1 aromatic carbocycles. The summed E-state index contributed by atoms with van der Waals surface area (Å²) in [4.78, 5) is 30.6. The zero-order chi connectivity index (χ0) is 32.1. The van der Waals surface area contributed by atoms with Gasteiger partial charge < -0.3 is 10.4 Å². The molecule has 5 saturated carbocycles. The van der Waals surface area contributed by atoms with Crippen molar-refractivity contribution in [3.63, 3.8) is 0 Å². The number of aromatic carboxylic acids is 1. The van der Waals surface area contributed by atoms with Crippen LogP contribution in [0.5, 0.6) is 0 Å². The number of carboxylic acids is 1. The van der Waals surface area contributed by atoms with Crippen molar-refractivity contribution in [2.75, 3.05) is 0 Å². The molecule has 0 radical (unpaired) electrons. The number of hydrogen-bond acceptors (Lipinski definition) is 3. The van der Waals surface area contributed by atoms with Gasteiger partial charge in [0.15, 0.2) is 0 Å². The molecule has 6 aliphatic carbocycles. The highest BCUT2D eigenvalue weighted by atomic mass is 16.4. The van der Waals surface area contributed by atoms with Gasteiger partial charge in [-0.1, -0.05) is 58.4 Å². The van der Waals surface area contributed by atoms with Crippen molar-refractivity contribution in [3.8, 4) is 0 Å². The first-order valence-electron chi connectivity index (χ1n) is 18.2. The van der Waals surface area contributed by atoms with Crippen LogP contribution < -0.4 is 5.32 Å². The molecule has 1 aromatic heterocycles. The van der Waals surface area contributed by atoms with Crippen molar-refractivity contribution in [2.24, 2.45) is 51.2 Å². The fourth-order valence-electron chi connectivity index (χ4n) is 13.1. The average Bonchev–Trinajstić information content (AvgIpc) is 3.68. The number of fused-ring (bicyclic) bond motifs is 7. The number of rotatable bonds is 5. The number of benzene rings is 1. The second-order valence-electron chi connectivity index (χ2n) is 17.4. The lowest BCUT2D eigenvalue weighted by molar-refractivity contribution is -0.182. The third-order valence-electron chi connectivity index (χ3n) is 15.2. The highest BCUT2D eigenvalue weighted by Crippen LogP contribution is 2.73. The molecule has 1 amide bonds. The van der Waals surface area contributed by atoms with E-state index >= 15 is 0 Å². The molecule has 8 rings (SSSR count). The Kier molecular flexibility index (Phi) is 6.79. The van der Waals surface area contributed by atoms with E-state index in [1.807, 2.05) is 30.5 Å². The topological polar surface area (TPSA) is 79.3 Å². The molecule has 5 fully saturated rings. The SMILES string of the molecule is CC1(C)C(c2ccc(C(=O)O)cc2)=CC[C@@]2(C)C1CC[C@@]1(C)C3CC[C@@]4(C(=O)NC5(c6ccccn6)CC5)CCCC4[C@H]3CCC12. The van der Waals surface area contributed by atoms with Gasteiger partial charge in [-0.25, -0.2) is 4.79 Å². The van der Waals surface area contributed by atoms with Gasteiger partial charge in [-0.15, -0.1) is 0 Å². The fraction of sp³-hybridized carbons (Fsp3) is 0.634. The van der Waals surface area contributed by atoms with Gasteiger partial charge in [0.1, 0.15) is 0 Å². The standard InChI is InChI=1S/C41H52N2O3/c1-37(2)29(26-10-12-27(13-11-26)35(44)45)16-20-39(4)32(37)18-21-38(3)30-17-22-40(19-7-8-31(40)28(30)14-15-33(38)39)36(46)43-41(23-24-41)34-9-5-6-25-42-34/h5-6,9-13,16,25,28,30-33H,7-8,14-15,17-24H2,1-4H3,(H,43,46)(H,44,45)/t28-,30?,31?,32?,33?,38-,39-,40-/m0/s1. The minimum absolute atomic E-state index is 0.0214. The van der Waals surface area contributed by atoms with Crippen molar-refractivity contribution in [3.05, 3.63) is 71.6 Å². The largest absolute Gasteiger partial charge is 0.478 e. The first kappa shape index (κ1) is 30.4. The Morgan fingerprint density at radius 1 is 0.804 bits per heavy atom. The number of nitrogens with one attached hydrogen (secondary N) is 1. The summed E-state index contributed by atoms with van der Waals surface area (Å²) in [6.07, 6.45) is 18.3. The second kappa shape index (κ2) is 10.3. The van der Waals surface area contributed by atoms with Gasteiger partial charge in [-0.05, 0) is 152 Å². The van der Waals surface area contributed by atoms with Gasteiger partial charge in [-0.2, -0.15) is 0 Å². The zero-order valence-corrected chi connectivity index (χ0v) is 28.3. The molecule has 46 heavy (non-hydrogen) atoms. The maximum Gasteiger partial charge on any atom is 0.335 e. The molecule has 2 N–H and O–H groups in total. The minimum Gasteiger partial charge on any atom is -0.478 e. The highest BCUT2D eigenvalue weighted by Gasteiger charge is 2.67. The Hall–Kier alpha value is -2.95. The van der Waals surface area contributed by atoms with Gasteiger partial charge >= 0.3 is 5.97 Å². The number of carbonyl (C=O) groups is 2. The summed E-state index contributed by atoms with van der Waals surface area (Å²) >= 11 is 0. The van der Waals surface area contributed by atoms with Crippen LogP contribution in [0.2, 0.25) is 0 Å². The summed E-state index contributed by atoms with van der Waals surface area (Å²) < 4.78 is 0. The third-order valence-corrected chi connectivity index (χ3v) is 15.2. The molecule has 8 atom stereocenters. The summed E-state index contributed by atoms with van der Waals surface area (Å²) in [5, 5.41) is 13.1. The van der Waals surface area contributed by atoms with E-state index in [1.165, 1.54) is 56.1 Å². The molecular formula is C41H52N2O3. The fourth-order valence-corrected chi connectivity index (χ4v) is 13.1. The quantitative estimate of drug-likeness (QED) is 0.350. The van der Waals surface area contributed by atoms with E-state index in [1.54, 1.807) is 12.1 Å². The van der Waals surface area contributed by atoms with Crippen LogP contribution in [-0.2, 0) is 10.3 Å². The van der Waals surface area contributed by atoms with Crippen molar-refractivity contribution in [1.82, 2.24) is 10.3 Å². The normalized spacial score (nSPS) is 39.9. The van der Waals surface area contributed by atoms with Gasteiger partial charge in [0.2, 0.25) is 5.91 Å². The van der Waals surface area contributed by atoms with Crippen LogP contribution in [-0.4, -0.2) is 22.0 Å². The van der Waals surface area contributed by atoms with Crippen molar-refractivity contribution in [1.29, 1.82) is 0 Å². The number of amides is 1. The molecule has 0 saturated heterocycles. The van der Waals surface area contributed by atoms with Crippen molar-refractivity contribution in [2.45, 2.75) is 110 Å². The minimum atomic E-state index is -0.868. The summed E-state index contributed by atoms with van der Waals surface area (Å²) in [7, 11) is 0. The van der Waals surface area contributed by atoms with Crippen LogP contribution in [0.15, 0.2) is 54.7 Å². The lowest BCUT2D eigenvalue weighted by atomic mass is 9.36. The van der Waals surface area contributed by atoms with Gasteiger partial charge in [0, 0.05) is 6.20 Å². The Labute approximate surface area is 275 Å². The first-order valence-corrected chi connectivity index (χ1v) is 18.2. The van der Waals surface area contributed by atoms with E-state index in [0.29, 0.717) is 46.5 Å². The van der Waals surface area contributed by atoms with Crippen LogP contribution in [0.3, 0.4) is 0 Å². The van der Waals surface area contributed by atoms with Crippen LogP contribution in [0.25, 0.3) is 5.57 Å². The van der Waals surface area contributed by atoms with Gasteiger partial charge in [-0.3, -0.25) is 9.78 Å². The molecule has 4 unspecified atom stereocenters. The van der Waals surface area contributed by atoms with Crippen LogP contribution >= 0.6 is 0 Å². The molecule has 2 aromatic rings. The summed E-state index contributed by atoms with van der Waals surface area (Å²) in [5.74, 6) is 2.62. The van der Waals surface area contributed by atoms with Crippen LogP contribution in [0.1, 0.15) is 126 Å². The Balaban J connectivity index is 1.05. The molecule has 5 heteroatoms. The predicted octanol–water partition coefficient (Wildman–Crippen LogP) is 9.04. The van der Waals surface area contributed by atoms with E-state index in [9.17, 15) is 14.7 Å². The number of carboxylic acid groups (broad SMARTS) is 1. The smallest absolute Gasteiger partial charge is 0.335 e. The number of allylic oxidation sites excluding steroid dienone is 2. The highest BCUT2D eigenvalue weighted by molar-refractivity contribution is 5.88. The maximum atomic E-state index is 14.4. The molecule has 1 heterocycles. The number of nitrogens with zero attached hydrogens (tertiary/aromatic N) is 1. The summed E-state index contributed by atoms with van der Waals surface area (Å²) in [6.45, 7) is 10.2. The maximum absolute atomic E-state index is 14.4. The first-order chi connectivity index (χ1) is 21.9. The summed E-state index contributed by atoms with van der Waals surface area (Å²) in [5.41, 5.74) is 4.09. The monoisotopic (exact) mass is 620 g/mol. The van der Waals surface area contributed by atoms with E-state index < -0.39 is 5.97 Å². The molecule has 6 aliphatic rings. The lowest BCUT2D eigenvalue weighted by Gasteiger charge is -2.68. The van der Waals surface area contributed by atoms with Crippen molar-refractivity contribution >= 4 is 17.4 Å². The zero-order valence-electron chi connectivity index (χ0n) is 28.3. The molecule has 244 valence electrons. The van der Waals surface area contributed by atoms with Gasteiger partial charge in [0.05, 0.1) is 22.2 Å². The average molecular weight is 621 g/mol. The Bertz CT molecular complexity index is 1570. The van der Waals surface area contributed by atoms with E-state index in [2.05, 4.69) is 50.1 Å².